The molecule has 1 aliphatic rings. The molecule has 244 valence electrons. The molecule has 0 radical (unpaired) electrons. The van der Waals surface area contributed by atoms with Crippen molar-refractivity contribution in [1.82, 2.24) is 15.0 Å². The average molecular weight is 632 g/mol. The van der Waals surface area contributed by atoms with Gasteiger partial charge in [0.2, 0.25) is 0 Å². The van der Waals surface area contributed by atoms with E-state index in [1.807, 2.05) is 6.08 Å². The van der Waals surface area contributed by atoms with Crippen molar-refractivity contribution in [3.05, 3.63) is 50.9 Å². The van der Waals surface area contributed by atoms with Crippen molar-refractivity contribution in [1.29, 1.82) is 5.26 Å². The number of amides is 2. The topological polar surface area (TPSA) is 80.5 Å². The molecule has 0 aliphatic carbocycles. The number of hydrogen-bond acceptors (Lipinski definition) is 7. The van der Waals surface area contributed by atoms with Crippen LogP contribution in [0.3, 0.4) is 0 Å². The Balaban J connectivity index is 2.27. The Kier molecular flexibility index (Phi) is 13.6. The number of nitriles is 1. The maximum Gasteiger partial charge on any atom is 0.286 e. The van der Waals surface area contributed by atoms with Gasteiger partial charge in [0.1, 0.15) is 11.6 Å². The summed E-state index contributed by atoms with van der Waals surface area (Å²) in [7, 11) is 3.28. The largest absolute Gasteiger partial charge is 0.348 e. The third-order valence-electron chi connectivity index (χ3n) is 9.07. The highest BCUT2D eigenvalue weighted by molar-refractivity contribution is 7.17. The van der Waals surface area contributed by atoms with Crippen LogP contribution in [0.2, 0.25) is 0 Å². The standard InChI is InChI=1S/C37H53N5O2S/c1-10-14-19-28(12-3)23-41(24-29(13-4)20-15-11-2)37-39-34(33-25(5)17-16-18-26(33)6)32(45-37)21-30-27(7)31(22-38)36(44)42(35(30)43)40(8)9/h16-18,21,28-29H,10-15,19-20,23-24H2,1-9H3/b30-21-/t28-,29?/m0/s1. The first-order valence-electron chi connectivity index (χ1n) is 16.7. The molecule has 0 fully saturated rings. The van der Waals surface area contributed by atoms with Gasteiger partial charge in [0.25, 0.3) is 11.8 Å². The fourth-order valence-electron chi connectivity index (χ4n) is 6.17. The minimum absolute atomic E-state index is 0.0158. The van der Waals surface area contributed by atoms with Crippen LogP contribution in [0.25, 0.3) is 17.3 Å². The minimum Gasteiger partial charge on any atom is -0.348 e. The van der Waals surface area contributed by atoms with Crippen LogP contribution in [-0.4, -0.2) is 54.0 Å². The highest BCUT2D eigenvalue weighted by Gasteiger charge is 2.37. The highest BCUT2D eigenvalue weighted by atomic mass is 32.1. The molecule has 0 N–H and O–H groups in total. The molecule has 0 saturated heterocycles. The van der Waals surface area contributed by atoms with Gasteiger partial charge in [-0.05, 0) is 68.2 Å². The Hall–Kier alpha value is -3.28. The molecule has 1 unspecified atom stereocenters. The average Bonchev–Trinajstić information content (AvgIpc) is 3.41. The number of thiazole rings is 1. The fourth-order valence-corrected chi connectivity index (χ4v) is 7.21. The van der Waals surface area contributed by atoms with Gasteiger partial charge in [-0.15, -0.1) is 0 Å². The van der Waals surface area contributed by atoms with Crippen LogP contribution >= 0.6 is 11.3 Å². The molecule has 3 rings (SSSR count). The van der Waals surface area contributed by atoms with E-state index in [0.717, 1.165) is 63.3 Å². The lowest BCUT2D eigenvalue weighted by molar-refractivity contribution is -0.155. The van der Waals surface area contributed by atoms with Crippen molar-refractivity contribution in [3.63, 3.8) is 0 Å². The molecule has 2 aromatic rings. The van der Waals surface area contributed by atoms with E-state index in [0.29, 0.717) is 23.0 Å². The van der Waals surface area contributed by atoms with Crippen molar-refractivity contribution in [3.8, 4) is 17.3 Å². The molecular weight excluding hydrogens is 579 g/mol. The summed E-state index contributed by atoms with van der Waals surface area (Å²) in [5.41, 5.74) is 4.88. The van der Waals surface area contributed by atoms with Crippen LogP contribution in [0, 0.1) is 37.0 Å². The molecule has 8 heteroatoms. The van der Waals surface area contributed by atoms with Crippen LogP contribution in [0.15, 0.2) is 34.9 Å². The fraction of sp³-hybridized carbons (Fsp3) is 0.568. The minimum atomic E-state index is -0.594. The first kappa shape index (κ1) is 36.2. The number of hydrogen-bond donors (Lipinski definition) is 0. The summed E-state index contributed by atoms with van der Waals surface area (Å²) in [6.45, 7) is 16.9. The second-order valence-electron chi connectivity index (χ2n) is 12.7. The summed E-state index contributed by atoms with van der Waals surface area (Å²) in [4.78, 5) is 35.6. The third-order valence-corrected chi connectivity index (χ3v) is 10.1. The van der Waals surface area contributed by atoms with E-state index in [1.54, 1.807) is 32.4 Å². The zero-order valence-electron chi connectivity index (χ0n) is 29.0. The summed E-state index contributed by atoms with van der Waals surface area (Å²) >= 11 is 1.61. The summed E-state index contributed by atoms with van der Waals surface area (Å²) in [5.74, 6) is 0.123. The zero-order chi connectivity index (χ0) is 33.3. The maximum absolute atomic E-state index is 13.8. The summed E-state index contributed by atoms with van der Waals surface area (Å²) in [5, 5.41) is 13.3. The number of carbonyl (C=O) groups is 2. The number of anilines is 1. The van der Waals surface area contributed by atoms with Crippen molar-refractivity contribution in [2.75, 3.05) is 32.1 Å². The Labute approximate surface area is 275 Å². The second kappa shape index (κ2) is 16.9. The number of imide groups is 1. The monoisotopic (exact) mass is 631 g/mol. The summed E-state index contributed by atoms with van der Waals surface area (Å²) < 4.78 is 0. The first-order chi connectivity index (χ1) is 21.5. The van der Waals surface area contributed by atoms with Gasteiger partial charge in [0.15, 0.2) is 5.13 Å². The van der Waals surface area contributed by atoms with Gasteiger partial charge >= 0.3 is 0 Å². The van der Waals surface area contributed by atoms with E-state index in [1.165, 1.54) is 43.5 Å². The van der Waals surface area contributed by atoms with E-state index in [2.05, 4.69) is 70.7 Å². The van der Waals surface area contributed by atoms with Crippen LogP contribution < -0.4 is 4.90 Å². The molecule has 0 bridgehead atoms. The van der Waals surface area contributed by atoms with Gasteiger partial charge in [0, 0.05) is 38.3 Å². The summed E-state index contributed by atoms with van der Waals surface area (Å²) in [6, 6.07) is 8.31. The normalized spacial score (nSPS) is 16.1. The highest BCUT2D eigenvalue weighted by Crippen LogP contribution is 2.40. The molecule has 0 spiro atoms. The van der Waals surface area contributed by atoms with Crippen molar-refractivity contribution in [2.24, 2.45) is 11.8 Å². The van der Waals surface area contributed by atoms with Crippen molar-refractivity contribution in [2.45, 2.75) is 99.8 Å². The van der Waals surface area contributed by atoms with Gasteiger partial charge in [-0.2, -0.15) is 5.26 Å². The third kappa shape index (κ3) is 8.51. The Morgan fingerprint density at radius 3 is 1.96 bits per heavy atom. The van der Waals surface area contributed by atoms with E-state index < -0.39 is 11.8 Å². The van der Waals surface area contributed by atoms with Gasteiger partial charge in [-0.1, -0.05) is 95.8 Å². The van der Waals surface area contributed by atoms with Crippen LogP contribution in [0.4, 0.5) is 5.13 Å². The van der Waals surface area contributed by atoms with Crippen LogP contribution in [0.1, 0.15) is 102 Å². The van der Waals surface area contributed by atoms with Crippen molar-refractivity contribution >= 4 is 34.4 Å². The molecule has 1 aliphatic heterocycles. The number of hydrazine groups is 1. The Bertz CT molecular complexity index is 1410. The van der Waals surface area contributed by atoms with Gasteiger partial charge in [0.05, 0.1) is 10.6 Å². The SMILES string of the molecule is CCCCC(CC)CN(C[C@@H](CC)CCCC)c1nc(-c2c(C)cccc2C)c(/C=C2\C(=O)N(N(C)C)C(=O)C(C#N)=C2C)s1. The second-order valence-corrected chi connectivity index (χ2v) is 13.7. The molecule has 45 heavy (non-hydrogen) atoms. The predicted molar refractivity (Wildman–Crippen MR) is 188 cm³/mol. The smallest absolute Gasteiger partial charge is 0.286 e. The molecule has 2 atom stereocenters. The number of unbranched alkanes of at least 4 members (excludes halogenated alkanes) is 2. The number of aromatic nitrogens is 1. The van der Waals surface area contributed by atoms with E-state index in [9.17, 15) is 14.9 Å². The van der Waals surface area contributed by atoms with E-state index in [-0.39, 0.29) is 5.57 Å². The first-order valence-corrected chi connectivity index (χ1v) is 17.6. The lowest BCUT2D eigenvalue weighted by atomic mass is 9.94. The molecule has 0 saturated carbocycles. The number of carbonyl (C=O) groups excluding carboxylic acids is 2. The van der Waals surface area contributed by atoms with Gasteiger partial charge < -0.3 is 4.90 Å². The molecule has 1 aromatic carbocycles. The molecule has 7 nitrogen and oxygen atoms in total. The molecule has 2 heterocycles. The maximum atomic E-state index is 13.8. The molecule has 1 aromatic heterocycles. The van der Waals surface area contributed by atoms with Gasteiger partial charge in [-0.25, -0.2) is 15.0 Å². The summed E-state index contributed by atoms with van der Waals surface area (Å²) in [6.07, 6.45) is 11.3. The lowest BCUT2D eigenvalue weighted by Crippen LogP contribution is -2.50. The zero-order valence-corrected chi connectivity index (χ0v) is 29.8. The van der Waals surface area contributed by atoms with E-state index >= 15 is 0 Å². The van der Waals surface area contributed by atoms with E-state index in [4.69, 9.17) is 4.98 Å². The van der Waals surface area contributed by atoms with Crippen LogP contribution in [-0.2, 0) is 9.59 Å². The lowest BCUT2D eigenvalue weighted by Gasteiger charge is -2.31. The quantitative estimate of drug-likeness (QED) is 0.136. The van der Waals surface area contributed by atoms with Crippen molar-refractivity contribution < 1.29 is 9.59 Å². The molecular formula is C37H53N5O2S. The number of rotatable bonds is 16. The number of benzene rings is 1. The Morgan fingerprint density at radius 2 is 1.49 bits per heavy atom. The van der Waals surface area contributed by atoms with Crippen LogP contribution in [0.5, 0.6) is 0 Å². The molecule has 2 amide bonds. The number of aryl methyl sites for hydroxylation is 2. The van der Waals surface area contributed by atoms with Gasteiger partial charge in [-0.3, -0.25) is 9.59 Å². The number of nitrogens with zero attached hydrogens (tertiary/aromatic N) is 5. The Morgan fingerprint density at radius 1 is 0.933 bits per heavy atom. The predicted octanol–water partition coefficient (Wildman–Crippen LogP) is 8.74.